The van der Waals surface area contributed by atoms with Crippen molar-refractivity contribution in [1.29, 1.82) is 0 Å². The minimum atomic E-state index is -0.140. The van der Waals surface area contributed by atoms with Crippen molar-refractivity contribution in [3.05, 3.63) is 70.6 Å². The minimum Gasteiger partial charge on any atom is -0.393 e. The average Bonchev–Trinajstić information content (AvgIpc) is 3.55. The van der Waals surface area contributed by atoms with E-state index >= 15 is 0 Å². The number of rotatable bonds is 2. The summed E-state index contributed by atoms with van der Waals surface area (Å²) in [6.07, 6.45) is 27.9. The standard InChI is InChI=1S/C43H57NO2/c1-40-17-13-29(45)22-27(40)7-9-31-34-11-12-35(42(34,3)19-15-36(31)40)33-24-38-32-10-8-28-23-30(46)14-18-41(28,2)37(32)16-20-43(38,4)39(33)26-6-5-21-44-25-26/h5-8,12,21,25,29-32,34,36-38,45-46H,9-11,13-20,22-24H2,1-4H3/t29-,30?,31?,32?,34?,36?,37?,38?,40-,41-,42?,43-/m0/s1. The summed E-state index contributed by atoms with van der Waals surface area (Å²) in [6, 6.07) is 4.53. The van der Waals surface area contributed by atoms with E-state index in [1.807, 2.05) is 6.20 Å². The number of allylic oxidation sites excluding steroid dienone is 6. The largest absolute Gasteiger partial charge is 0.393 e. The van der Waals surface area contributed by atoms with Gasteiger partial charge in [0.15, 0.2) is 0 Å². The van der Waals surface area contributed by atoms with Crippen LogP contribution in [0.15, 0.2) is 65.0 Å². The molecule has 0 spiro atoms. The Bertz CT molecular complexity index is 1550. The van der Waals surface area contributed by atoms with Gasteiger partial charge >= 0.3 is 0 Å². The highest BCUT2D eigenvalue weighted by atomic mass is 16.3. The maximum atomic E-state index is 10.6. The lowest BCUT2D eigenvalue weighted by molar-refractivity contribution is -0.0297. The van der Waals surface area contributed by atoms with Crippen LogP contribution in [0.4, 0.5) is 0 Å². The SMILES string of the molecule is CC12CCC3C(CC=C4C[C@@H](O)CC[C@@]43C)C1CC=C2C1=C(c2cccnc2)[C@@]2(C)CCC3C(CC=C4CC(O)CC[C@@]43C)C2C1. The Hall–Kier alpha value is -1.97. The first-order valence-electron chi connectivity index (χ1n) is 19.2. The molecule has 9 rings (SSSR count). The highest BCUT2D eigenvalue weighted by Crippen LogP contribution is 2.72. The minimum absolute atomic E-state index is 0.132. The molecule has 1 aromatic rings. The fourth-order valence-electron chi connectivity index (χ4n) is 14.3. The molecule has 0 aliphatic heterocycles. The Morgan fingerprint density at radius 3 is 1.83 bits per heavy atom. The molecule has 8 aliphatic carbocycles. The van der Waals surface area contributed by atoms with Gasteiger partial charge in [0.2, 0.25) is 0 Å². The average molecular weight is 620 g/mol. The molecule has 4 fully saturated rings. The molecule has 2 N–H and O–H groups in total. The van der Waals surface area contributed by atoms with Crippen LogP contribution in [0.1, 0.15) is 123 Å². The Kier molecular flexibility index (Phi) is 6.72. The zero-order valence-corrected chi connectivity index (χ0v) is 28.9. The zero-order valence-electron chi connectivity index (χ0n) is 28.9. The molecule has 246 valence electrons. The third kappa shape index (κ3) is 4.00. The molecule has 12 atom stereocenters. The van der Waals surface area contributed by atoms with Gasteiger partial charge < -0.3 is 10.2 Å². The summed E-state index contributed by atoms with van der Waals surface area (Å²) < 4.78 is 0. The maximum Gasteiger partial charge on any atom is 0.0577 e. The van der Waals surface area contributed by atoms with E-state index in [0.29, 0.717) is 5.92 Å². The Morgan fingerprint density at radius 1 is 0.630 bits per heavy atom. The van der Waals surface area contributed by atoms with E-state index in [2.05, 4.69) is 64.3 Å². The van der Waals surface area contributed by atoms with Gasteiger partial charge in [-0.05, 0) is 175 Å². The summed E-state index contributed by atoms with van der Waals surface area (Å²) in [5.74, 6) is 4.37. The van der Waals surface area contributed by atoms with E-state index in [1.54, 1.807) is 27.9 Å². The molecular weight excluding hydrogens is 562 g/mol. The third-order valence-corrected chi connectivity index (χ3v) is 16.7. The first-order valence-corrected chi connectivity index (χ1v) is 19.2. The van der Waals surface area contributed by atoms with Crippen molar-refractivity contribution >= 4 is 5.57 Å². The molecule has 8 aliphatic rings. The normalized spacial score (nSPS) is 49.4. The van der Waals surface area contributed by atoms with Crippen LogP contribution in [-0.4, -0.2) is 27.4 Å². The van der Waals surface area contributed by atoms with E-state index in [4.69, 9.17) is 4.98 Å². The van der Waals surface area contributed by atoms with Crippen LogP contribution in [0.3, 0.4) is 0 Å². The second-order valence-corrected chi connectivity index (χ2v) is 18.4. The van der Waals surface area contributed by atoms with Crippen molar-refractivity contribution in [2.45, 2.75) is 130 Å². The van der Waals surface area contributed by atoms with Gasteiger partial charge in [-0.1, -0.05) is 63.1 Å². The fourth-order valence-corrected chi connectivity index (χ4v) is 14.3. The highest BCUT2D eigenvalue weighted by molar-refractivity contribution is 5.80. The summed E-state index contributed by atoms with van der Waals surface area (Å²) >= 11 is 0. The number of hydrogen-bond acceptors (Lipinski definition) is 3. The van der Waals surface area contributed by atoms with E-state index in [-0.39, 0.29) is 33.9 Å². The first kappa shape index (κ1) is 30.1. The lowest BCUT2D eigenvalue weighted by Gasteiger charge is -2.58. The maximum absolute atomic E-state index is 10.6. The number of aromatic nitrogens is 1. The van der Waals surface area contributed by atoms with Crippen LogP contribution < -0.4 is 0 Å². The van der Waals surface area contributed by atoms with Crippen LogP contribution in [0, 0.1) is 57.2 Å². The van der Waals surface area contributed by atoms with Crippen molar-refractivity contribution in [3.63, 3.8) is 0 Å². The monoisotopic (exact) mass is 619 g/mol. The number of hydrogen-bond donors (Lipinski definition) is 2. The van der Waals surface area contributed by atoms with Crippen LogP contribution in [0.2, 0.25) is 0 Å². The van der Waals surface area contributed by atoms with Crippen molar-refractivity contribution in [2.75, 3.05) is 0 Å². The molecule has 1 aromatic heterocycles. The Morgan fingerprint density at radius 2 is 1.22 bits per heavy atom. The second kappa shape index (κ2) is 10.3. The number of nitrogens with zero attached hydrogens (tertiary/aromatic N) is 1. The van der Waals surface area contributed by atoms with E-state index < -0.39 is 0 Å². The van der Waals surface area contributed by atoms with Crippen LogP contribution in [-0.2, 0) is 0 Å². The highest BCUT2D eigenvalue weighted by Gasteiger charge is 2.61. The van der Waals surface area contributed by atoms with Gasteiger partial charge in [0, 0.05) is 12.4 Å². The molecule has 0 radical (unpaired) electrons. The van der Waals surface area contributed by atoms with Gasteiger partial charge in [0.25, 0.3) is 0 Å². The molecule has 0 aromatic carbocycles. The van der Waals surface area contributed by atoms with E-state index in [9.17, 15) is 10.2 Å². The molecule has 0 saturated heterocycles. The van der Waals surface area contributed by atoms with Crippen LogP contribution in [0.25, 0.3) is 5.57 Å². The van der Waals surface area contributed by atoms with Gasteiger partial charge in [-0.3, -0.25) is 4.98 Å². The molecule has 1 heterocycles. The first-order chi connectivity index (χ1) is 22.1. The lowest BCUT2D eigenvalue weighted by atomic mass is 9.47. The third-order valence-electron chi connectivity index (χ3n) is 16.7. The van der Waals surface area contributed by atoms with Gasteiger partial charge in [-0.2, -0.15) is 0 Å². The molecule has 8 unspecified atom stereocenters. The summed E-state index contributed by atoms with van der Waals surface area (Å²) in [5.41, 5.74) is 10.6. The molecule has 4 saturated carbocycles. The summed E-state index contributed by atoms with van der Waals surface area (Å²) in [4.78, 5) is 4.71. The van der Waals surface area contributed by atoms with Crippen molar-refractivity contribution in [3.8, 4) is 0 Å². The molecular formula is C43H57NO2. The fraction of sp³-hybridized carbons (Fsp3) is 0.698. The van der Waals surface area contributed by atoms with Gasteiger partial charge in [-0.25, -0.2) is 0 Å². The number of pyridine rings is 1. The van der Waals surface area contributed by atoms with Crippen molar-refractivity contribution < 1.29 is 10.2 Å². The number of aliphatic hydroxyl groups is 2. The van der Waals surface area contributed by atoms with E-state index in [0.717, 1.165) is 68.1 Å². The van der Waals surface area contributed by atoms with Crippen LogP contribution in [0.5, 0.6) is 0 Å². The molecule has 3 nitrogen and oxygen atoms in total. The molecule has 46 heavy (non-hydrogen) atoms. The predicted octanol–water partition coefficient (Wildman–Crippen LogP) is 9.63. The predicted molar refractivity (Wildman–Crippen MR) is 185 cm³/mol. The van der Waals surface area contributed by atoms with Crippen molar-refractivity contribution in [1.82, 2.24) is 4.98 Å². The summed E-state index contributed by atoms with van der Waals surface area (Å²) in [5, 5.41) is 21.1. The smallest absolute Gasteiger partial charge is 0.0577 e. The Balaban J connectivity index is 1.09. The lowest BCUT2D eigenvalue weighted by Crippen LogP contribution is -2.50. The summed E-state index contributed by atoms with van der Waals surface area (Å²) in [7, 11) is 0. The quantitative estimate of drug-likeness (QED) is 0.324. The number of aliphatic hydroxyl groups excluding tert-OH is 2. The van der Waals surface area contributed by atoms with Gasteiger partial charge in [0.05, 0.1) is 12.2 Å². The topological polar surface area (TPSA) is 53.4 Å². The van der Waals surface area contributed by atoms with Crippen molar-refractivity contribution in [2.24, 2.45) is 57.2 Å². The van der Waals surface area contributed by atoms with E-state index in [1.165, 1.54) is 56.9 Å². The Labute approximate surface area is 277 Å². The second-order valence-electron chi connectivity index (χ2n) is 18.4. The zero-order chi connectivity index (χ0) is 31.6. The molecule has 0 bridgehead atoms. The van der Waals surface area contributed by atoms with Gasteiger partial charge in [0.1, 0.15) is 0 Å². The van der Waals surface area contributed by atoms with Crippen LogP contribution >= 0.6 is 0 Å². The van der Waals surface area contributed by atoms with Gasteiger partial charge in [-0.15, -0.1) is 0 Å². The molecule has 3 heteroatoms. The molecule has 0 amide bonds. The summed E-state index contributed by atoms with van der Waals surface area (Å²) in [6.45, 7) is 10.4. The number of fused-ring (bicyclic) bond motifs is 10.